The van der Waals surface area contributed by atoms with Crippen LogP contribution in [0.4, 0.5) is 5.69 Å². The molecule has 2 rings (SSSR count). The minimum Gasteiger partial charge on any atom is -0.494 e. The number of halogens is 2. The normalized spacial score (nSPS) is 11.1. The smallest absolute Gasteiger partial charge is 0.326 e. The minimum atomic E-state index is -4.06. The summed E-state index contributed by atoms with van der Waals surface area (Å²) in [6, 6.07) is 10.2. The largest absolute Gasteiger partial charge is 0.494 e. The predicted octanol–water partition coefficient (Wildman–Crippen LogP) is 3.76. The Hall–Kier alpha value is -1.96. The number of nitrogens with zero attached hydrogens (tertiary/aromatic N) is 1. The first-order valence-electron chi connectivity index (χ1n) is 7.56. The lowest BCUT2D eigenvalue weighted by atomic mass is 10.3. The Morgan fingerprint density at radius 3 is 2.15 bits per heavy atom. The Balaban J connectivity index is 2.50. The minimum absolute atomic E-state index is 0.0130. The van der Waals surface area contributed by atoms with Gasteiger partial charge in [0.15, 0.2) is 0 Å². The standard InChI is InChI=1S/C17H17Cl2NO5S/c1-3-25-15-4-6-16(7-5-15)26(22,23)20(11-17(21)24-2)14-9-12(18)8-13(19)10-14/h4-10H,3,11H2,1-2H3. The van der Waals surface area contributed by atoms with E-state index in [4.69, 9.17) is 27.9 Å². The maximum absolute atomic E-state index is 13.1. The quantitative estimate of drug-likeness (QED) is 0.641. The highest BCUT2D eigenvalue weighted by Crippen LogP contribution is 2.30. The number of anilines is 1. The highest BCUT2D eigenvalue weighted by atomic mass is 35.5. The van der Waals surface area contributed by atoms with Gasteiger partial charge in [-0.25, -0.2) is 8.42 Å². The topological polar surface area (TPSA) is 72.9 Å². The molecule has 0 N–H and O–H groups in total. The van der Waals surface area contributed by atoms with Crippen LogP contribution < -0.4 is 9.04 Å². The third-order valence-corrected chi connectivity index (χ3v) is 5.58. The number of methoxy groups -OCH3 is 1. The van der Waals surface area contributed by atoms with E-state index >= 15 is 0 Å². The van der Waals surface area contributed by atoms with Crippen molar-refractivity contribution >= 4 is 44.9 Å². The van der Waals surface area contributed by atoms with Crippen molar-refractivity contribution in [2.45, 2.75) is 11.8 Å². The molecule has 0 aromatic heterocycles. The maximum Gasteiger partial charge on any atom is 0.326 e. The van der Waals surface area contributed by atoms with Crippen molar-refractivity contribution in [3.05, 3.63) is 52.5 Å². The summed E-state index contributed by atoms with van der Waals surface area (Å²) in [7, 11) is -2.89. The summed E-state index contributed by atoms with van der Waals surface area (Å²) in [5, 5.41) is 0.480. The van der Waals surface area contributed by atoms with Crippen molar-refractivity contribution in [1.82, 2.24) is 0 Å². The van der Waals surface area contributed by atoms with E-state index in [1.165, 1.54) is 49.6 Å². The molecule has 2 aromatic rings. The summed E-state index contributed by atoms with van der Waals surface area (Å²) in [5.41, 5.74) is 0.154. The molecular weight excluding hydrogens is 401 g/mol. The first-order valence-corrected chi connectivity index (χ1v) is 9.76. The molecule has 0 saturated heterocycles. The molecule has 0 heterocycles. The summed E-state index contributed by atoms with van der Waals surface area (Å²) in [6.45, 7) is 1.76. The zero-order valence-corrected chi connectivity index (χ0v) is 16.4. The fourth-order valence-electron chi connectivity index (χ4n) is 2.18. The fourth-order valence-corrected chi connectivity index (χ4v) is 4.09. The van der Waals surface area contributed by atoms with Crippen molar-refractivity contribution in [2.24, 2.45) is 0 Å². The molecule has 140 valence electrons. The molecule has 0 atom stereocenters. The lowest BCUT2D eigenvalue weighted by molar-refractivity contribution is -0.138. The van der Waals surface area contributed by atoms with Gasteiger partial charge >= 0.3 is 5.97 Å². The van der Waals surface area contributed by atoms with Crippen molar-refractivity contribution in [2.75, 3.05) is 24.6 Å². The van der Waals surface area contributed by atoms with E-state index in [0.717, 1.165) is 4.31 Å². The zero-order chi connectivity index (χ0) is 19.3. The van der Waals surface area contributed by atoms with Gasteiger partial charge in [-0.15, -0.1) is 0 Å². The first kappa shape index (κ1) is 20.4. The Morgan fingerprint density at radius 2 is 1.65 bits per heavy atom. The molecule has 26 heavy (non-hydrogen) atoms. The predicted molar refractivity (Wildman–Crippen MR) is 101 cm³/mol. The Labute approximate surface area is 162 Å². The zero-order valence-electron chi connectivity index (χ0n) is 14.1. The third-order valence-electron chi connectivity index (χ3n) is 3.36. The number of hydrogen-bond donors (Lipinski definition) is 0. The van der Waals surface area contributed by atoms with Gasteiger partial charge in [-0.05, 0) is 49.4 Å². The molecule has 0 unspecified atom stereocenters. The summed E-state index contributed by atoms with van der Waals surface area (Å²) < 4.78 is 37.0. The molecule has 0 aliphatic rings. The molecule has 0 aliphatic heterocycles. The summed E-state index contributed by atoms with van der Waals surface area (Å²) in [5.74, 6) is -0.188. The van der Waals surface area contributed by atoms with Gasteiger partial charge in [-0.3, -0.25) is 9.10 Å². The summed E-state index contributed by atoms with van der Waals surface area (Å²) >= 11 is 12.0. The van der Waals surface area contributed by atoms with Crippen LogP contribution in [0.1, 0.15) is 6.92 Å². The summed E-state index contributed by atoms with van der Waals surface area (Å²) in [6.07, 6.45) is 0. The van der Waals surface area contributed by atoms with Crippen molar-refractivity contribution in [3.63, 3.8) is 0 Å². The number of esters is 1. The van der Waals surface area contributed by atoms with Gasteiger partial charge in [0.1, 0.15) is 12.3 Å². The highest BCUT2D eigenvalue weighted by Gasteiger charge is 2.28. The Kier molecular flexibility index (Phi) is 6.75. The second kappa shape index (κ2) is 8.62. The van der Waals surface area contributed by atoms with Crippen LogP contribution >= 0.6 is 23.2 Å². The second-order valence-corrected chi connectivity index (χ2v) is 7.86. The van der Waals surface area contributed by atoms with Crippen LogP contribution in [0.25, 0.3) is 0 Å². The number of carbonyl (C=O) groups is 1. The van der Waals surface area contributed by atoms with Crippen molar-refractivity contribution < 1.29 is 22.7 Å². The van der Waals surface area contributed by atoms with Crippen LogP contribution in [0.5, 0.6) is 5.75 Å². The monoisotopic (exact) mass is 417 g/mol. The van der Waals surface area contributed by atoms with E-state index in [-0.39, 0.29) is 20.6 Å². The lowest BCUT2D eigenvalue weighted by Crippen LogP contribution is -2.36. The molecule has 0 spiro atoms. The SMILES string of the molecule is CCOc1ccc(S(=O)(=O)N(CC(=O)OC)c2cc(Cl)cc(Cl)c2)cc1. The van der Waals surface area contributed by atoms with Crippen LogP contribution in [0, 0.1) is 0 Å². The summed E-state index contributed by atoms with van der Waals surface area (Å²) in [4.78, 5) is 11.8. The average Bonchev–Trinajstić information content (AvgIpc) is 2.59. The van der Waals surface area contributed by atoms with Gasteiger partial charge < -0.3 is 9.47 Å². The Morgan fingerprint density at radius 1 is 1.08 bits per heavy atom. The van der Waals surface area contributed by atoms with Gasteiger partial charge in [0.25, 0.3) is 10.0 Å². The second-order valence-electron chi connectivity index (χ2n) is 5.12. The van der Waals surface area contributed by atoms with E-state index < -0.39 is 22.5 Å². The molecular formula is C17H17Cl2NO5S. The van der Waals surface area contributed by atoms with Gasteiger partial charge in [-0.2, -0.15) is 0 Å². The highest BCUT2D eigenvalue weighted by molar-refractivity contribution is 7.92. The number of ether oxygens (including phenoxy) is 2. The maximum atomic E-state index is 13.1. The van der Waals surface area contributed by atoms with Crippen LogP contribution in [-0.2, 0) is 19.6 Å². The van der Waals surface area contributed by atoms with Crippen LogP contribution in [0.2, 0.25) is 10.0 Å². The van der Waals surface area contributed by atoms with E-state index in [1.54, 1.807) is 0 Å². The van der Waals surface area contributed by atoms with Gasteiger partial charge in [0.2, 0.25) is 0 Å². The van der Waals surface area contributed by atoms with Crippen LogP contribution in [0.3, 0.4) is 0 Å². The number of sulfonamides is 1. The molecule has 0 saturated carbocycles. The average molecular weight is 418 g/mol. The third kappa shape index (κ3) is 4.81. The molecule has 0 radical (unpaired) electrons. The molecule has 9 heteroatoms. The fraction of sp³-hybridized carbons (Fsp3) is 0.235. The van der Waals surface area contributed by atoms with E-state index in [2.05, 4.69) is 4.74 Å². The van der Waals surface area contributed by atoms with Gasteiger partial charge in [-0.1, -0.05) is 23.2 Å². The van der Waals surface area contributed by atoms with E-state index in [0.29, 0.717) is 12.4 Å². The number of benzene rings is 2. The Bertz CT molecular complexity index is 864. The molecule has 6 nitrogen and oxygen atoms in total. The lowest BCUT2D eigenvalue weighted by Gasteiger charge is -2.24. The van der Waals surface area contributed by atoms with Gasteiger partial charge in [0.05, 0.1) is 24.3 Å². The first-order chi connectivity index (χ1) is 12.3. The van der Waals surface area contributed by atoms with Crippen molar-refractivity contribution in [3.8, 4) is 5.75 Å². The number of rotatable bonds is 7. The van der Waals surface area contributed by atoms with Crippen molar-refractivity contribution in [1.29, 1.82) is 0 Å². The van der Waals surface area contributed by atoms with E-state index in [9.17, 15) is 13.2 Å². The van der Waals surface area contributed by atoms with E-state index in [1.807, 2.05) is 6.92 Å². The molecule has 0 fully saturated rings. The molecule has 0 amide bonds. The molecule has 0 bridgehead atoms. The molecule has 2 aromatic carbocycles. The van der Waals surface area contributed by atoms with Gasteiger partial charge in [0, 0.05) is 10.0 Å². The number of hydrogen-bond acceptors (Lipinski definition) is 5. The molecule has 0 aliphatic carbocycles. The van der Waals surface area contributed by atoms with Crippen LogP contribution in [0.15, 0.2) is 47.4 Å². The number of carbonyl (C=O) groups excluding carboxylic acids is 1. The van der Waals surface area contributed by atoms with Crippen LogP contribution in [-0.4, -0.2) is 34.6 Å².